The average Bonchev–Trinajstić information content (AvgIpc) is 2.40. The number of carbonyl (C=O) groups is 1. The SMILES string of the molecule is CCc1cc(C(=O)N[C@H](CC)C2CC(O)C2)cc(=O)[nH]1. The Hall–Kier alpha value is -1.62. The molecule has 20 heavy (non-hydrogen) atoms. The highest BCUT2D eigenvalue weighted by Crippen LogP contribution is 2.31. The van der Waals surface area contributed by atoms with E-state index in [1.807, 2.05) is 13.8 Å². The van der Waals surface area contributed by atoms with E-state index in [0.29, 0.717) is 17.9 Å². The Kier molecular flexibility index (Phi) is 4.60. The Balaban J connectivity index is 2.07. The van der Waals surface area contributed by atoms with Crippen LogP contribution in [0.25, 0.3) is 0 Å². The maximum Gasteiger partial charge on any atom is 0.251 e. The van der Waals surface area contributed by atoms with Gasteiger partial charge in [-0.2, -0.15) is 0 Å². The number of hydrogen-bond donors (Lipinski definition) is 3. The Bertz CT molecular complexity index is 532. The lowest BCUT2D eigenvalue weighted by Crippen LogP contribution is -2.46. The number of carbonyl (C=O) groups excluding carboxylic acids is 1. The van der Waals surface area contributed by atoms with Gasteiger partial charge in [0.05, 0.1) is 6.10 Å². The van der Waals surface area contributed by atoms with Gasteiger partial charge in [0.25, 0.3) is 5.91 Å². The molecular formula is C15H22N2O3. The first-order valence-corrected chi connectivity index (χ1v) is 7.25. The second-order valence-electron chi connectivity index (χ2n) is 5.49. The molecule has 5 nitrogen and oxygen atoms in total. The topological polar surface area (TPSA) is 82.2 Å². The highest BCUT2D eigenvalue weighted by atomic mass is 16.3. The molecule has 1 aliphatic rings. The van der Waals surface area contributed by atoms with Crippen LogP contribution in [0.3, 0.4) is 0 Å². The molecule has 3 N–H and O–H groups in total. The van der Waals surface area contributed by atoms with Crippen LogP contribution in [0.2, 0.25) is 0 Å². The zero-order chi connectivity index (χ0) is 14.7. The molecule has 0 radical (unpaired) electrons. The molecule has 1 amide bonds. The third-order valence-corrected chi connectivity index (χ3v) is 4.02. The fourth-order valence-electron chi connectivity index (χ4n) is 2.69. The minimum Gasteiger partial charge on any atom is -0.393 e. The van der Waals surface area contributed by atoms with Crippen LogP contribution in [0.5, 0.6) is 0 Å². The van der Waals surface area contributed by atoms with Gasteiger partial charge in [0, 0.05) is 23.4 Å². The van der Waals surface area contributed by atoms with Crippen molar-refractivity contribution >= 4 is 5.91 Å². The van der Waals surface area contributed by atoms with E-state index in [0.717, 1.165) is 25.0 Å². The van der Waals surface area contributed by atoms with Crippen LogP contribution < -0.4 is 10.9 Å². The van der Waals surface area contributed by atoms with Crippen molar-refractivity contribution in [1.29, 1.82) is 0 Å². The van der Waals surface area contributed by atoms with Crippen LogP contribution in [-0.4, -0.2) is 28.1 Å². The fourth-order valence-corrected chi connectivity index (χ4v) is 2.69. The maximum atomic E-state index is 12.2. The van der Waals surface area contributed by atoms with Gasteiger partial charge >= 0.3 is 0 Å². The summed E-state index contributed by atoms with van der Waals surface area (Å²) in [5.74, 6) is 0.130. The number of aromatic amines is 1. The third kappa shape index (κ3) is 3.28. The largest absolute Gasteiger partial charge is 0.393 e. The molecule has 0 spiro atoms. The summed E-state index contributed by atoms with van der Waals surface area (Å²) in [4.78, 5) is 26.4. The molecule has 0 bridgehead atoms. The fraction of sp³-hybridized carbons (Fsp3) is 0.600. The summed E-state index contributed by atoms with van der Waals surface area (Å²) in [6.45, 7) is 3.95. The molecule has 0 aromatic carbocycles. The van der Waals surface area contributed by atoms with Crippen LogP contribution in [-0.2, 0) is 6.42 Å². The lowest BCUT2D eigenvalue weighted by atomic mass is 9.76. The molecule has 0 unspecified atom stereocenters. The number of nitrogens with one attached hydrogen (secondary N) is 2. The van der Waals surface area contributed by atoms with E-state index in [9.17, 15) is 14.7 Å². The molecule has 0 saturated heterocycles. The number of aryl methyl sites for hydroxylation is 1. The number of H-pyrrole nitrogens is 1. The van der Waals surface area contributed by atoms with Crippen molar-refractivity contribution in [2.24, 2.45) is 5.92 Å². The monoisotopic (exact) mass is 278 g/mol. The number of pyridine rings is 1. The summed E-state index contributed by atoms with van der Waals surface area (Å²) >= 11 is 0. The van der Waals surface area contributed by atoms with Crippen LogP contribution in [0.1, 0.15) is 49.2 Å². The Morgan fingerprint density at radius 3 is 2.70 bits per heavy atom. The smallest absolute Gasteiger partial charge is 0.251 e. The van der Waals surface area contributed by atoms with Gasteiger partial charge in [-0.15, -0.1) is 0 Å². The molecule has 0 aliphatic heterocycles. The molecule has 1 saturated carbocycles. The number of amides is 1. The van der Waals surface area contributed by atoms with Crippen molar-refractivity contribution in [3.63, 3.8) is 0 Å². The highest BCUT2D eigenvalue weighted by Gasteiger charge is 2.33. The standard InChI is InChI=1S/C15H22N2O3/c1-3-11-5-10(8-14(19)16-11)15(20)17-13(4-2)9-6-12(18)7-9/h5,8-9,12-13,18H,3-4,6-7H2,1-2H3,(H,16,19)(H,17,20)/t9?,12?,13-/m1/s1. The number of aliphatic hydroxyl groups excluding tert-OH is 1. The predicted octanol–water partition coefficient (Wildman–Crippen LogP) is 1.22. The number of rotatable bonds is 5. The van der Waals surface area contributed by atoms with Gasteiger partial charge < -0.3 is 15.4 Å². The maximum absolute atomic E-state index is 12.2. The zero-order valence-corrected chi connectivity index (χ0v) is 12.0. The first-order valence-electron chi connectivity index (χ1n) is 7.25. The molecule has 1 aromatic rings. The highest BCUT2D eigenvalue weighted by molar-refractivity contribution is 5.94. The molecule has 1 fully saturated rings. The van der Waals surface area contributed by atoms with Crippen molar-refractivity contribution in [3.05, 3.63) is 33.7 Å². The van der Waals surface area contributed by atoms with Crippen LogP contribution in [0.4, 0.5) is 0 Å². The summed E-state index contributed by atoms with van der Waals surface area (Å²) in [5, 5.41) is 12.3. The van der Waals surface area contributed by atoms with Gasteiger partial charge in [-0.25, -0.2) is 0 Å². The van der Waals surface area contributed by atoms with Gasteiger partial charge in [0.2, 0.25) is 5.56 Å². The quantitative estimate of drug-likeness (QED) is 0.757. The Morgan fingerprint density at radius 1 is 1.45 bits per heavy atom. The van der Waals surface area contributed by atoms with Gasteiger partial charge in [-0.05, 0) is 37.7 Å². The van der Waals surface area contributed by atoms with Crippen molar-refractivity contribution in [2.45, 2.75) is 51.7 Å². The van der Waals surface area contributed by atoms with Crippen LogP contribution in [0.15, 0.2) is 16.9 Å². The van der Waals surface area contributed by atoms with E-state index in [4.69, 9.17) is 0 Å². The van der Waals surface area contributed by atoms with E-state index in [1.54, 1.807) is 6.07 Å². The van der Waals surface area contributed by atoms with E-state index < -0.39 is 0 Å². The minimum atomic E-state index is -0.249. The van der Waals surface area contributed by atoms with Gasteiger partial charge in [0.15, 0.2) is 0 Å². The van der Waals surface area contributed by atoms with Crippen LogP contribution >= 0.6 is 0 Å². The van der Waals surface area contributed by atoms with E-state index in [-0.39, 0.29) is 23.6 Å². The van der Waals surface area contributed by atoms with Gasteiger partial charge in [0.1, 0.15) is 0 Å². The molecule has 1 heterocycles. The lowest BCUT2D eigenvalue weighted by molar-refractivity contribution is 0.0232. The van der Waals surface area contributed by atoms with E-state index in [1.165, 1.54) is 6.07 Å². The number of aliphatic hydroxyl groups is 1. The van der Waals surface area contributed by atoms with E-state index >= 15 is 0 Å². The molecule has 110 valence electrons. The average molecular weight is 278 g/mol. The Morgan fingerprint density at radius 2 is 2.15 bits per heavy atom. The molecule has 1 atom stereocenters. The zero-order valence-electron chi connectivity index (χ0n) is 12.0. The Labute approximate surface area is 118 Å². The van der Waals surface area contributed by atoms with Crippen molar-refractivity contribution in [1.82, 2.24) is 10.3 Å². The first kappa shape index (κ1) is 14.8. The van der Waals surface area contributed by atoms with Gasteiger partial charge in [-0.3, -0.25) is 9.59 Å². The second kappa shape index (κ2) is 6.22. The van der Waals surface area contributed by atoms with Crippen molar-refractivity contribution in [3.8, 4) is 0 Å². The predicted molar refractivity (Wildman–Crippen MR) is 76.7 cm³/mol. The second-order valence-corrected chi connectivity index (χ2v) is 5.49. The molecule has 1 aliphatic carbocycles. The van der Waals surface area contributed by atoms with Crippen molar-refractivity contribution in [2.75, 3.05) is 0 Å². The summed E-state index contributed by atoms with van der Waals surface area (Å²) in [6, 6.07) is 3.12. The lowest BCUT2D eigenvalue weighted by Gasteiger charge is -2.37. The molecule has 5 heteroatoms. The van der Waals surface area contributed by atoms with Crippen molar-refractivity contribution < 1.29 is 9.90 Å². The molecule has 1 aromatic heterocycles. The number of aromatic nitrogens is 1. The molecule has 2 rings (SSSR count). The third-order valence-electron chi connectivity index (χ3n) is 4.02. The minimum absolute atomic E-state index is 0.0651. The van der Waals surface area contributed by atoms with Crippen LogP contribution in [0, 0.1) is 5.92 Å². The summed E-state index contributed by atoms with van der Waals surface area (Å²) < 4.78 is 0. The van der Waals surface area contributed by atoms with E-state index in [2.05, 4.69) is 10.3 Å². The summed E-state index contributed by atoms with van der Waals surface area (Å²) in [6.07, 6.45) is 2.77. The number of hydrogen-bond acceptors (Lipinski definition) is 3. The molecular weight excluding hydrogens is 256 g/mol. The summed E-state index contributed by atoms with van der Waals surface area (Å²) in [5.41, 5.74) is 0.917. The first-order chi connectivity index (χ1) is 9.53. The van der Waals surface area contributed by atoms with Gasteiger partial charge in [-0.1, -0.05) is 13.8 Å². The normalized spacial score (nSPS) is 22.9. The summed E-state index contributed by atoms with van der Waals surface area (Å²) in [7, 11) is 0.